The highest BCUT2D eigenvalue weighted by Gasteiger charge is 2.62. The first-order valence-corrected chi connectivity index (χ1v) is 23.0. The molecule has 4 N–H and O–H groups in total. The van der Waals surface area contributed by atoms with E-state index in [9.17, 15) is 19.2 Å². The minimum Gasteiger partial charge on any atom is -0.453 e. The fourth-order valence-corrected chi connectivity index (χ4v) is 10.8. The zero-order valence-electron chi connectivity index (χ0n) is 38.8. The van der Waals surface area contributed by atoms with Gasteiger partial charge in [-0.05, 0) is 81.8 Å². The van der Waals surface area contributed by atoms with Crippen LogP contribution in [0.3, 0.4) is 0 Å². The SMILES string of the molecule is COC[C@H]1C[C@@H](c2nc3c(ccc4cc(-c5ccc6c(ccc7[nH]c([C@@H]8C[C@H]9[C@@H](C)[C@H]9N8C(=O)[C@@H](NC(=O)OC)C(C)(C)C)nc76)c5)ccc43)[nH]2)N(C(=O)[C@H](NC(=O)OC)c2ccccc2)C1. The second kappa shape index (κ2) is 17.0. The number of hydrogen-bond acceptors (Lipinski definition) is 9. The third kappa shape index (κ3) is 7.88. The molecule has 7 aromatic rings. The number of carbonyl (C=O) groups is 4. The molecule has 3 fully saturated rings. The number of nitrogens with one attached hydrogen (secondary N) is 4. The molecular weight excluding hydrogens is 849 g/mol. The maximum Gasteiger partial charge on any atom is 0.407 e. The Bertz CT molecular complexity index is 3070. The van der Waals surface area contributed by atoms with E-state index in [1.165, 1.54) is 14.2 Å². The van der Waals surface area contributed by atoms with Gasteiger partial charge in [0.1, 0.15) is 23.7 Å². The summed E-state index contributed by atoms with van der Waals surface area (Å²) in [6.07, 6.45) is 0.130. The molecule has 0 spiro atoms. The van der Waals surface area contributed by atoms with Crippen LogP contribution < -0.4 is 10.6 Å². The molecule has 15 nitrogen and oxygen atoms in total. The van der Waals surface area contributed by atoms with Gasteiger partial charge in [-0.1, -0.05) is 94.4 Å². The van der Waals surface area contributed by atoms with Crippen LogP contribution in [0.1, 0.15) is 75.9 Å². The van der Waals surface area contributed by atoms with Gasteiger partial charge in [0.05, 0.1) is 55.0 Å². The van der Waals surface area contributed by atoms with E-state index >= 15 is 0 Å². The van der Waals surface area contributed by atoms with Crippen molar-refractivity contribution >= 4 is 67.6 Å². The maximum atomic E-state index is 14.4. The van der Waals surface area contributed by atoms with E-state index in [-0.39, 0.29) is 35.9 Å². The molecule has 2 aromatic heterocycles. The van der Waals surface area contributed by atoms with Gasteiger partial charge >= 0.3 is 12.2 Å². The van der Waals surface area contributed by atoms with Gasteiger partial charge in [-0.3, -0.25) is 9.59 Å². The standard InChI is InChI=1S/C52H56N8O7/c1-27-36-24-40(60(44(27)36)49(62)45(52(2,3)4)58-51(64)67-7)47-54-38-20-16-33-23-31(14-18-35(33)43(38)56-47)30-13-17-34-32(22-30)15-19-37-42(34)55-46(53-37)39-21-28(26-65-5)25-59(39)48(61)41(57-50(63)66-6)29-11-9-8-10-12-29/h8-20,22-23,27-28,36,39-41,44-45H,21,24-26H2,1-7H3,(H,53,55)(H,54,56)(H,57,63)(H,58,64)/t27-,28+,36+,39+,40+,41-,44-,45-/m1/s1. The Balaban J connectivity index is 0.930. The smallest absolute Gasteiger partial charge is 0.407 e. The number of piperidine rings is 1. The van der Waals surface area contributed by atoms with E-state index in [0.717, 1.165) is 67.0 Å². The number of aromatic nitrogens is 4. The predicted octanol–water partition coefficient (Wildman–Crippen LogP) is 8.72. The number of carbonyl (C=O) groups excluding carboxylic acids is 4. The van der Waals surface area contributed by atoms with Crippen LogP contribution in [0.5, 0.6) is 0 Å². The summed E-state index contributed by atoms with van der Waals surface area (Å²) >= 11 is 0. The third-order valence-electron chi connectivity index (χ3n) is 14.3. The molecule has 4 heterocycles. The molecule has 2 saturated heterocycles. The maximum absolute atomic E-state index is 14.4. The van der Waals surface area contributed by atoms with Crippen LogP contribution >= 0.6 is 0 Å². The Morgan fingerprint density at radius 2 is 1.31 bits per heavy atom. The summed E-state index contributed by atoms with van der Waals surface area (Å²) in [4.78, 5) is 74.8. The average molecular weight is 905 g/mol. The Morgan fingerprint density at radius 3 is 1.88 bits per heavy atom. The largest absolute Gasteiger partial charge is 0.453 e. The molecule has 10 rings (SSSR count). The number of ether oxygens (including phenoxy) is 3. The Morgan fingerprint density at radius 1 is 0.731 bits per heavy atom. The van der Waals surface area contributed by atoms with Crippen molar-refractivity contribution in [1.82, 2.24) is 40.4 Å². The quantitative estimate of drug-likeness (QED) is 0.104. The van der Waals surface area contributed by atoms with Crippen molar-refractivity contribution in [3.05, 3.63) is 108 Å². The first-order chi connectivity index (χ1) is 32.3. The molecule has 346 valence electrons. The molecule has 15 heteroatoms. The van der Waals surface area contributed by atoms with Crippen molar-refractivity contribution in [2.45, 2.75) is 70.7 Å². The Labute approximate surface area is 387 Å². The molecule has 1 saturated carbocycles. The molecule has 0 radical (unpaired) electrons. The monoisotopic (exact) mass is 904 g/mol. The van der Waals surface area contributed by atoms with Crippen molar-refractivity contribution in [2.75, 3.05) is 34.5 Å². The number of likely N-dealkylation sites (tertiary alicyclic amines) is 2. The number of amides is 4. The van der Waals surface area contributed by atoms with Gasteiger partial charge in [0.2, 0.25) is 5.91 Å². The Kier molecular flexibility index (Phi) is 11.1. The van der Waals surface area contributed by atoms with Crippen LogP contribution in [0, 0.1) is 23.2 Å². The van der Waals surface area contributed by atoms with Crippen molar-refractivity contribution in [3.63, 3.8) is 0 Å². The second-order valence-corrected chi connectivity index (χ2v) is 19.5. The first kappa shape index (κ1) is 43.9. The summed E-state index contributed by atoms with van der Waals surface area (Å²) in [7, 11) is 4.25. The lowest BCUT2D eigenvalue weighted by Gasteiger charge is -2.36. The summed E-state index contributed by atoms with van der Waals surface area (Å²) in [5.74, 6) is 1.89. The molecule has 3 aliphatic rings. The minimum absolute atomic E-state index is 0.0709. The van der Waals surface area contributed by atoms with E-state index in [4.69, 9.17) is 24.2 Å². The minimum atomic E-state index is -0.945. The molecule has 8 atom stereocenters. The average Bonchev–Trinajstić information content (AvgIpc) is 3.93. The van der Waals surface area contributed by atoms with Crippen LogP contribution in [-0.2, 0) is 23.8 Å². The van der Waals surface area contributed by atoms with Crippen LogP contribution in [0.4, 0.5) is 9.59 Å². The molecule has 1 aliphatic carbocycles. The molecular formula is C52H56N8O7. The lowest BCUT2D eigenvalue weighted by Crippen LogP contribution is -2.55. The van der Waals surface area contributed by atoms with E-state index in [2.05, 4.69) is 82.1 Å². The summed E-state index contributed by atoms with van der Waals surface area (Å²) < 4.78 is 15.4. The van der Waals surface area contributed by atoms with Crippen LogP contribution in [0.25, 0.3) is 54.7 Å². The molecule has 67 heavy (non-hydrogen) atoms. The summed E-state index contributed by atoms with van der Waals surface area (Å²) in [6.45, 7) is 8.95. The fourth-order valence-electron chi connectivity index (χ4n) is 10.8. The second-order valence-electron chi connectivity index (χ2n) is 19.5. The highest BCUT2D eigenvalue weighted by Crippen LogP contribution is 2.58. The number of rotatable bonds is 10. The number of nitrogens with zero attached hydrogens (tertiary/aromatic N) is 4. The lowest BCUT2D eigenvalue weighted by molar-refractivity contribution is -0.138. The number of methoxy groups -OCH3 is 3. The van der Waals surface area contributed by atoms with Crippen LogP contribution in [-0.4, -0.2) is 100 Å². The normalized spacial score (nSPS) is 22.3. The van der Waals surface area contributed by atoms with Crippen molar-refractivity contribution in [1.29, 1.82) is 0 Å². The molecule has 4 amide bonds. The number of fused-ring (bicyclic) bond motifs is 7. The van der Waals surface area contributed by atoms with Gasteiger partial charge in [0.25, 0.3) is 5.91 Å². The van der Waals surface area contributed by atoms with Crippen LogP contribution in [0.15, 0.2) is 91.0 Å². The highest BCUT2D eigenvalue weighted by atomic mass is 16.5. The van der Waals surface area contributed by atoms with Gasteiger partial charge in [-0.2, -0.15) is 0 Å². The van der Waals surface area contributed by atoms with Crippen molar-refractivity contribution in [3.8, 4) is 11.1 Å². The number of benzene rings is 5. The van der Waals surface area contributed by atoms with Crippen LogP contribution in [0.2, 0.25) is 0 Å². The van der Waals surface area contributed by atoms with Gasteiger partial charge in [-0.25, -0.2) is 19.6 Å². The number of H-pyrrole nitrogens is 2. The van der Waals surface area contributed by atoms with Crippen molar-refractivity contribution < 1.29 is 33.4 Å². The summed E-state index contributed by atoms with van der Waals surface area (Å²) in [5, 5.41) is 9.63. The molecule has 5 aromatic carbocycles. The lowest BCUT2D eigenvalue weighted by atomic mass is 9.85. The van der Waals surface area contributed by atoms with Crippen molar-refractivity contribution in [2.24, 2.45) is 23.2 Å². The van der Waals surface area contributed by atoms with Gasteiger partial charge in [0, 0.05) is 36.4 Å². The molecule has 2 aliphatic heterocycles. The first-order valence-electron chi connectivity index (χ1n) is 23.0. The van der Waals surface area contributed by atoms with Gasteiger partial charge in [-0.15, -0.1) is 0 Å². The number of aromatic amines is 2. The molecule has 0 unspecified atom stereocenters. The summed E-state index contributed by atoms with van der Waals surface area (Å²) in [6, 6.07) is 28.1. The number of imidazole rings is 2. The Hall–Kier alpha value is -7.00. The zero-order valence-corrected chi connectivity index (χ0v) is 38.8. The predicted molar refractivity (Wildman–Crippen MR) is 255 cm³/mol. The number of alkyl carbamates (subject to hydrolysis) is 2. The van der Waals surface area contributed by atoms with Gasteiger partial charge in [0.15, 0.2) is 0 Å². The number of hydrogen-bond donors (Lipinski definition) is 4. The highest BCUT2D eigenvalue weighted by molar-refractivity contribution is 6.07. The molecule has 0 bridgehead atoms. The zero-order chi connectivity index (χ0) is 46.9. The van der Waals surface area contributed by atoms with Gasteiger partial charge < -0.3 is 44.6 Å². The summed E-state index contributed by atoms with van der Waals surface area (Å²) in [5.41, 5.74) is 5.65. The third-order valence-corrected chi connectivity index (χ3v) is 14.3. The van der Waals surface area contributed by atoms with E-state index in [1.54, 1.807) is 12.0 Å². The van der Waals surface area contributed by atoms with E-state index < -0.39 is 29.7 Å². The van der Waals surface area contributed by atoms with E-state index in [1.807, 2.05) is 62.1 Å². The topological polar surface area (TPSA) is 184 Å². The fraction of sp³-hybridized carbons (Fsp3) is 0.385. The van der Waals surface area contributed by atoms with E-state index in [0.29, 0.717) is 42.8 Å².